The molecule has 4 heteroatoms. The van der Waals surface area contributed by atoms with Gasteiger partial charge in [0.15, 0.2) is 0 Å². The van der Waals surface area contributed by atoms with Crippen molar-refractivity contribution >= 4 is 16.8 Å². The molecule has 0 saturated carbocycles. The summed E-state index contributed by atoms with van der Waals surface area (Å²) < 4.78 is 11.5. The van der Waals surface area contributed by atoms with Crippen LogP contribution >= 0.6 is 0 Å². The molecule has 0 fully saturated rings. The lowest BCUT2D eigenvalue weighted by atomic mass is 10.2. The van der Waals surface area contributed by atoms with E-state index < -0.39 is 22.0 Å². The summed E-state index contributed by atoms with van der Waals surface area (Å²) in [6.45, 7) is 5.84. The largest absolute Gasteiger partial charge is 0.480 e. The first kappa shape index (κ1) is 12.6. The molecule has 0 aromatic heterocycles. The number of carboxylic acids is 1. The molecule has 0 rings (SSSR count). The quantitative estimate of drug-likeness (QED) is 0.719. The van der Waals surface area contributed by atoms with Crippen molar-refractivity contribution in [3.63, 3.8) is 0 Å². The van der Waals surface area contributed by atoms with Crippen molar-refractivity contribution in [1.29, 1.82) is 0 Å². The Hall–Kier alpha value is -0.380. The van der Waals surface area contributed by atoms with Gasteiger partial charge in [-0.25, -0.2) is 0 Å². The van der Waals surface area contributed by atoms with Crippen molar-refractivity contribution in [2.24, 2.45) is 5.92 Å². The van der Waals surface area contributed by atoms with Crippen LogP contribution in [0.2, 0.25) is 0 Å². The number of hydrogen-bond acceptors (Lipinski definition) is 2. The van der Waals surface area contributed by atoms with E-state index >= 15 is 0 Å². The number of carboxylic acid groups (broad SMARTS) is 1. The second-order valence-corrected chi connectivity index (χ2v) is 5.24. The van der Waals surface area contributed by atoms with Gasteiger partial charge >= 0.3 is 5.97 Å². The molecular weight excluding hydrogens is 188 g/mol. The van der Waals surface area contributed by atoms with Gasteiger partial charge in [0.25, 0.3) is 0 Å². The van der Waals surface area contributed by atoms with Gasteiger partial charge in [0.1, 0.15) is 5.25 Å². The zero-order valence-electron chi connectivity index (χ0n) is 8.45. The minimum atomic E-state index is -1.21. The van der Waals surface area contributed by atoms with E-state index in [2.05, 4.69) is 0 Å². The molecule has 0 aromatic rings. The molecule has 0 aliphatic heterocycles. The van der Waals surface area contributed by atoms with Crippen LogP contribution in [-0.4, -0.2) is 26.3 Å². The molecule has 0 aliphatic carbocycles. The number of hydrogen-bond donors (Lipinski definition) is 1. The minimum absolute atomic E-state index is 0.444. The molecule has 0 aromatic carbocycles. The van der Waals surface area contributed by atoms with E-state index in [1.54, 1.807) is 6.92 Å². The van der Waals surface area contributed by atoms with Crippen molar-refractivity contribution in [3.05, 3.63) is 0 Å². The lowest BCUT2D eigenvalue weighted by Crippen LogP contribution is -2.26. The van der Waals surface area contributed by atoms with Crippen LogP contribution in [0.15, 0.2) is 0 Å². The van der Waals surface area contributed by atoms with Crippen molar-refractivity contribution < 1.29 is 14.1 Å². The number of aliphatic carboxylic acids is 1. The summed E-state index contributed by atoms with van der Waals surface area (Å²) in [6, 6.07) is 0. The fourth-order valence-corrected chi connectivity index (χ4v) is 2.55. The van der Waals surface area contributed by atoms with Gasteiger partial charge in [-0.3, -0.25) is 9.00 Å². The van der Waals surface area contributed by atoms with Crippen LogP contribution in [0.3, 0.4) is 0 Å². The average Bonchev–Trinajstić information content (AvgIpc) is 2.01. The Morgan fingerprint density at radius 1 is 1.46 bits per heavy atom. The van der Waals surface area contributed by atoms with Gasteiger partial charge in [-0.15, -0.1) is 0 Å². The topological polar surface area (TPSA) is 54.4 Å². The van der Waals surface area contributed by atoms with Crippen molar-refractivity contribution in [3.8, 4) is 0 Å². The molecule has 13 heavy (non-hydrogen) atoms. The Balaban J connectivity index is 4.00. The molecule has 0 heterocycles. The van der Waals surface area contributed by atoms with Gasteiger partial charge in [-0.1, -0.05) is 20.8 Å². The molecule has 3 nitrogen and oxygen atoms in total. The van der Waals surface area contributed by atoms with Gasteiger partial charge in [-0.05, 0) is 18.8 Å². The van der Waals surface area contributed by atoms with E-state index in [-0.39, 0.29) is 0 Å². The first-order chi connectivity index (χ1) is 5.99. The minimum Gasteiger partial charge on any atom is -0.480 e. The summed E-state index contributed by atoms with van der Waals surface area (Å²) >= 11 is 0. The predicted octanol–water partition coefficient (Wildman–Crippen LogP) is 1.64. The van der Waals surface area contributed by atoms with Gasteiger partial charge in [0.05, 0.1) is 0 Å². The SMILES string of the molecule is CCC(C(=O)O)S(=O)CCC(C)C. The lowest BCUT2D eigenvalue weighted by Gasteiger charge is -2.10. The van der Waals surface area contributed by atoms with Gasteiger partial charge in [-0.2, -0.15) is 0 Å². The highest BCUT2D eigenvalue weighted by atomic mass is 32.2. The normalized spacial score (nSPS) is 15.7. The summed E-state index contributed by atoms with van der Waals surface area (Å²) in [6.07, 6.45) is 1.27. The molecule has 0 amide bonds. The zero-order chi connectivity index (χ0) is 10.4. The van der Waals surface area contributed by atoms with Gasteiger partial charge in [0.2, 0.25) is 0 Å². The molecule has 78 valence electrons. The van der Waals surface area contributed by atoms with Crippen molar-refractivity contribution in [1.82, 2.24) is 0 Å². The third-order valence-corrected chi connectivity index (χ3v) is 3.67. The van der Waals surface area contributed by atoms with Gasteiger partial charge in [0, 0.05) is 16.6 Å². The van der Waals surface area contributed by atoms with E-state index in [9.17, 15) is 9.00 Å². The fraction of sp³-hybridized carbons (Fsp3) is 0.889. The van der Waals surface area contributed by atoms with Crippen molar-refractivity contribution in [2.45, 2.75) is 38.9 Å². The Labute approximate surface area is 82.0 Å². The summed E-state index contributed by atoms with van der Waals surface area (Å²) in [4.78, 5) is 10.6. The van der Waals surface area contributed by atoms with Crippen LogP contribution in [0, 0.1) is 5.92 Å². The van der Waals surface area contributed by atoms with E-state index in [1.165, 1.54) is 0 Å². The summed E-state index contributed by atoms with van der Waals surface area (Å²) in [7, 11) is -1.21. The molecule has 0 radical (unpaired) electrons. The fourth-order valence-electron chi connectivity index (χ4n) is 0.967. The van der Waals surface area contributed by atoms with Crippen LogP contribution in [0.1, 0.15) is 33.6 Å². The first-order valence-corrected chi connectivity index (χ1v) is 5.97. The maximum absolute atomic E-state index is 11.5. The smallest absolute Gasteiger partial charge is 0.319 e. The summed E-state index contributed by atoms with van der Waals surface area (Å²) in [5.74, 6) is 0.0440. The summed E-state index contributed by atoms with van der Waals surface area (Å²) in [5.41, 5.74) is 0. The third-order valence-electron chi connectivity index (χ3n) is 1.86. The third kappa shape index (κ3) is 5.03. The maximum Gasteiger partial charge on any atom is 0.319 e. The molecule has 2 atom stereocenters. The van der Waals surface area contributed by atoms with Crippen LogP contribution in [0.25, 0.3) is 0 Å². The number of rotatable bonds is 6. The van der Waals surface area contributed by atoms with E-state index in [0.29, 0.717) is 18.1 Å². The molecule has 2 unspecified atom stereocenters. The average molecular weight is 206 g/mol. The molecule has 0 spiro atoms. The zero-order valence-corrected chi connectivity index (χ0v) is 9.26. The van der Waals surface area contributed by atoms with Crippen LogP contribution in [0.4, 0.5) is 0 Å². The van der Waals surface area contributed by atoms with Crippen molar-refractivity contribution in [2.75, 3.05) is 5.75 Å². The monoisotopic (exact) mass is 206 g/mol. The van der Waals surface area contributed by atoms with Gasteiger partial charge < -0.3 is 5.11 Å². The van der Waals surface area contributed by atoms with Crippen LogP contribution < -0.4 is 0 Å². The Kier molecular flexibility index (Phi) is 5.95. The lowest BCUT2D eigenvalue weighted by molar-refractivity contribution is -0.136. The Morgan fingerprint density at radius 2 is 2.00 bits per heavy atom. The number of carbonyl (C=O) groups is 1. The van der Waals surface area contributed by atoms with E-state index in [4.69, 9.17) is 5.11 Å². The molecular formula is C9H18O3S. The van der Waals surface area contributed by atoms with E-state index in [0.717, 1.165) is 6.42 Å². The predicted molar refractivity (Wildman–Crippen MR) is 54.2 cm³/mol. The first-order valence-electron chi connectivity index (χ1n) is 4.59. The second kappa shape index (κ2) is 6.13. The molecule has 0 aliphatic rings. The summed E-state index contributed by atoms with van der Waals surface area (Å²) in [5, 5.41) is 8.03. The highest BCUT2D eigenvalue weighted by Gasteiger charge is 2.21. The Morgan fingerprint density at radius 3 is 2.31 bits per heavy atom. The molecule has 0 saturated heterocycles. The standard InChI is InChI=1S/C9H18O3S/c1-4-8(9(10)11)13(12)6-5-7(2)3/h7-8H,4-6H2,1-3H3,(H,10,11). The molecule has 1 N–H and O–H groups in total. The second-order valence-electron chi connectivity index (χ2n) is 3.50. The highest BCUT2D eigenvalue weighted by molar-refractivity contribution is 7.86. The van der Waals surface area contributed by atoms with Crippen LogP contribution in [-0.2, 0) is 15.6 Å². The Bertz CT molecular complexity index is 189. The highest BCUT2D eigenvalue weighted by Crippen LogP contribution is 2.07. The maximum atomic E-state index is 11.5. The molecule has 0 bridgehead atoms. The van der Waals surface area contributed by atoms with Crippen LogP contribution in [0.5, 0.6) is 0 Å². The van der Waals surface area contributed by atoms with E-state index in [1.807, 2.05) is 13.8 Å².